The molecule has 1 aromatic carbocycles. The Labute approximate surface area is 112 Å². The van der Waals surface area contributed by atoms with Gasteiger partial charge in [0.1, 0.15) is 10.7 Å². The van der Waals surface area contributed by atoms with Crippen molar-refractivity contribution in [1.82, 2.24) is 4.72 Å². The molecule has 2 rings (SSSR count). The topological polar surface area (TPSA) is 81.4 Å². The van der Waals surface area contributed by atoms with Crippen LogP contribution in [0.5, 0.6) is 0 Å². The molecule has 0 spiro atoms. The number of hydrogen-bond donors (Lipinski definition) is 2. The smallest absolute Gasteiger partial charge is 0.243 e. The molecule has 2 unspecified atom stereocenters. The Morgan fingerprint density at radius 2 is 2.26 bits per heavy atom. The number of halogens is 1. The van der Waals surface area contributed by atoms with Gasteiger partial charge in [-0.2, -0.15) is 0 Å². The van der Waals surface area contributed by atoms with Crippen molar-refractivity contribution in [3.8, 4) is 0 Å². The summed E-state index contributed by atoms with van der Waals surface area (Å²) in [6, 6.07) is 3.11. The molecule has 0 radical (unpaired) electrons. The molecule has 0 bridgehead atoms. The van der Waals surface area contributed by atoms with Gasteiger partial charge in [0.05, 0.1) is 6.10 Å². The molecule has 0 amide bonds. The number of rotatable bonds is 4. The maximum Gasteiger partial charge on any atom is 0.243 e. The van der Waals surface area contributed by atoms with E-state index in [9.17, 15) is 12.8 Å². The van der Waals surface area contributed by atoms with Crippen molar-refractivity contribution < 1.29 is 17.5 Å². The summed E-state index contributed by atoms with van der Waals surface area (Å²) < 4.78 is 45.7. The summed E-state index contributed by atoms with van der Waals surface area (Å²) in [5.41, 5.74) is 5.58. The van der Waals surface area contributed by atoms with Crippen molar-refractivity contribution in [2.75, 3.05) is 12.3 Å². The van der Waals surface area contributed by atoms with E-state index in [1.165, 1.54) is 6.07 Å². The van der Waals surface area contributed by atoms with E-state index in [4.69, 9.17) is 10.5 Å². The first-order valence-electron chi connectivity index (χ1n) is 6.09. The van der Waals surface area contributed by atoms with Gasteiger partial charge in [-0.1, -0.05) is 0 Å². The molecule has 0 saturated carbocycles. The van der Waals surface area contributed by atoms with Gasteiger partial charge < -0.3 is 10.5 Å². The fraction of sp³-hybridized carbons (Fsp3) is 0.500. The van der Waals surface area contributed by atoms with E-state index < -0.39 is 26.8 Å². The third-order valence-electron chi connectivity index (χ3n) is 3.11. The van der Waals surface area contributed by atoms with Crippen LogP contribution in [-0.4, -0.2) is 27.2 Å². The van der Waals surface area contributed by atoms with Crippen molar-refractivity contribution >= 4 is 15.7 Å². The van der Waals surface area contributed by atoms with Crippen LogP contribution in [-0.2, 0) is 14.8 Å². The van der Waals surface area contributed by atoms with E-state index in [2.05, 4.69) is 4.72 Å². The van der Waals surface area contributed by atoms with E-state index >= 15 is 0 Å². The average Bonchev–Trinajstić information content (AvgIpc) is 2.80. The van der Waals surface area contributed by atoms with Gasteiger partial charge in [0, 0.05) is 18.3 Å². The van der Waals surface area contributed by atoms with Crippen LogP contribution >= 0.6 is 0 Å². The molecule has 1 aliphatic rings. The summed E-state index contributed by atoms with van der Waals surface area (Å²) in [5.74, 6) is -0.855. The Balaban J connectivity index is 2.17. The van der Waals surface area contributed by atoms with Crippen molar-refractivity contribution in [2.45, 2.75) is 36.8 Å². The van der Waals surface area contributed by atoms with Gasteiger partial charge in [0.2, 0.25) is 10.0 Å². The highest BCUT2D eigenvalue weighted by Gasteiger charge is 2.28. The lowest BCUT2D eigenvalue weighted by molar-refractivity contribution is 0.0902. The Bertz CT molecular complexity index is 556. The monoisotopic (exact) mass is 288 g/mol. The zero-order valence-electron chi connectivity index (χ0n) is 10.6. The van der Waals surface area contributed by atoms with E-state index in [1.807, 2.05) is 0 Å². The first-order chi connectivity index (χ1) is 8.90. The molecule has 1 heterocycles. The fourth-order valence-corrected chi connectivity index (χ4v) is 3.45. The lowest BCUT2D eigenvalue weighted by Gasteiger charge is -2.20. The zero-order valence-corrected chi connectivity index (χ0v) is 11.4. The molecular weight excluding hydrogens is 271 g/mol. The van der Waals surface area contributed by atoms with Gasteiger partial charge >= 0.3 is 0 Å². The van der Waals surface area contributed by atoms with E-state index in [0.29, 0.717) is 6.61 Å². The maximum atomic E-state index is 13.6. The Hall–Kier alpha value is -1.18. The van der Waals surface area contributed by atoms with Crippen molar-refractivity contribution in [3.05, 3.63) is 24.0 Å². The number of sulfonamides is 1. The van der Waals surface area contributed by atoms with Crippen LogP contribution in [0.15, 0.2) is 23.1 Å². The van der Waals surface area contributed by atoms with Crippen molar-refractivity contribution in [1.29, 1.82) is 0 Å². The van der Waals surface area contributed by atoms with Gasteiger partial charge in [-0.15, -0.1) is 0 Å². The second-order valence-electron chi connectivity index (χ2n) is 4.65. The van der Waals surface area contributed by atoms with Crippen LogP contribution in [0.4, 0.5) is 10.1 Å². The molecule has 7 heteroatoms. The van der Waals surface area contributed by atoms with Crippen LogP contribution in [0.2, 0.25) is 0 Å². The number of anilines is 1. The first kappa shape index (κ1) is 14.2. The maximum absolute atomic E-state index is 13.6. The first-order valence-corrected chi connectivity index (χ1v) is 7.57. The normalized spacial score (nSPS) is 21.5. The number of nitrogens with one attached hydrogen (secondary N) is 1. The van der Waals surface area contributed by atoms with Crippen LogP contribution in [0.1, 0.15) is 19.8 Å². The molecule has 1 aromatic rings. The zero-order chi connectivity index (χ0) is 14.0. The molecule has 2 atom stereocenters. The lowest BCUT2D eigenvalue weighted by Crippen LogP contribution is -2.41. The average molecular weight is 288 g/mol. The molecule has 0 aromatic heterocycles. The minimum absolute atomic E-state index is 0.161. The highest BCUT2D eigenvalue weighted by atomic mass is 32.2. The minimum Gasteiger partial charge on any atom is -0.399 e. The molecule has 1 fully saturated rings. The summed E-state index contributed by atoms with van der Waals surface area (Å²) in [4.78, 5) is -0.397. The van der Waals surface area contributed by atoms with Gasteiger partial charge in [0.15, 0.2) is 0 Å². The molecule has 3 N–H and O–H groups in total. The van der Waals surface area contributed by atoms with E-state index in [1.54, 1.807) is 6.92 Å². The second kappa shape index (κ2) is 5.44. The number of nitrogen functional groups attached to an aromatic ring is 1. The largest absolute Gasteiger partial charge is 0.399 e. The number of ether oxygens (including phenoxy) is 1. The molecule has 5 nitrogen and oxygen atoms in total. The molecule has 106 valence electrons. The number of benzene rings is 1. The van der Waals surface area contributed by atoms with Gasteiger partial charge in [-0.05, 0) is 38.0 Å². The molecular formula is C12H17FN2O3S. The Morgan fingerprint density at radius 1 is 1.53 bits per heavy atom. The van der Waals surface area contributed by atoms with E-state index in [0.717, 1.165) is 25.0 Å². The lowest BCUT2D eigenvalue weighted by atomic mass is 10.1. The summed E-state index contributed by atoms with van der Waals surface area (Å²) >= 11 is 0. The van der Waals surface area contributed by atoms with Gasteiger partial charge in [-0.3, -0.25) is 0 Å². The van der Waals surface area contributed by atoms with Crippen molar-refractivity contribution in [3.63, 3.8) is 0 Å². The summed E-state index contributed by atoms with van der Waals surface area (Å²) in [7, 11) is -3.90. The minimum atomic E-state index is -3.90. The standard InChI is InChI=1S/C12H17FN2O3S/c1-8(11-3-2-6-18-11)15-19(16,17)12-5-4-9(14)7-10(12)13/h4-5,7-8,11,15H,2-3,6,14H2,1H3. The third kappa shape index (κ3) is 3.23. The summed E-state index contributed by atoms with van der Waals surface area (Å²) in [6.07, 6.45) is 1.55. The highest BCUT2D eigenvalue weighted by Crippen LogP contribution is 2.20. The highest BCUT2D eigenvalue weighted by molar-refractivity contribution is 7.89. The Morgan fingerprint density at radius 3 is 2.84 bits per heavy atom. The van der Waals surface area contributed by atoms with E-state index in [-0.39, 0.29) is 11.8 Å². The van der Waals surface area contributed by atoms with Crippen LogP contribution in [0.25, 0.3) is 0 Å². The van der Waals surface area contributed by atoms with Crippen LogP contribution in [0.3, 0.4) is 0 Å². The third-order valence-corrected chi connectivity index (χ3v) is 4.70. The van der Waals surface area contributed by atoms with Gasteiger partial charge in [0.25, 0.3) is 0 Å². The summed E-state index contributed by atoms with van der Waals surface area (Å²) in [6.45, 7) is 2.34. The van der Waals surface area contributed by atoms with Crippen molar-refractivity contribution in [2.24, 2.45) is 0 Å². The second-order valence-corrected chi connectivity index (χ2v) is 6.33. The number of nitrogens with two attached hydrogens (primary N) is 1. The Kier molecular flexibility index (Phi) is 4.07. The molecule has 0 aliphatic carbocycles. The van der Waals surface area contributed by atoms with Crippen LogP contribution < -0.4 is 10.5 Å². The quantitative estimate of drug-likeness (QED) is 0.817. The van der Waals surface area contributed by atoms with Crippen LogP contribution in [0, 0.1) is 5.82 Å². The van der Waals surface area contributed by atoms with Gasteiger partial charge in [-0.25, -0.2) is 17.5 Å². The number of hydrogen-bond acceptors (Lipinski definition) is 4. The fourth-order valence-electron chi connectivity index (χ4n) is 2.12. The molecule has 19 heavy (non-hydrogen) atoms. The molecule has 1 aliphatic heterocycles. The predicted molar refractivity (Wildman–Crippen MR) is 69.6 cm³/mol. The molecule has 1 saturated heterocycles. The SMILES string of the molecule is CC(NS(=O)(=O)c1ccc(N)cc1F)C1CCCO1. The summed E-state index contributed by atoms with van der Waals surface area (Å²) in [5, 5.41) is 0. The predicted octanol–water partition coefficient (Wildman–Crippen LogP) is 1.25.